The van der Waals surface area contributed by atoms with E-state index in [4.69, 9.17) is 4.74 Å². The standard InChI is InChI=1S/C26H21FN4O4S2/c1-35-18-8-6-7-17(13-18)15-31-22-12-5-2-9-19(22)25-23(37(31,33)34)14-28-26(30-25)36-16-24(32)29-21-11-4-3-10-20(21)27/h2-14H,15-16H2,1H3,(H,29,32). The second-order valence-corrected chi connectivity index (χ2v) is 10.8. The molecule has 2 heterocycles. The van der Waals surface area contributed by atoms with Crippen molar-refractivity contribution >= 4 is 39.1 Å². The highest BCUT2D eigenvalue weighted by Crippen LogP contribution is 2.43. The van der Waals surface area contributed by atoms with Gasteiger partial charge >= 0.3 is 0 Å². The molecule has 0 spiro atoms. The van der Waals surface area contributed by atoms with Crippen molar-refractivity contribution in [1.29, 1.82) is 0 Å². The van der Waals surface area contributed by atoms with Crippen LogP contribution in [0.5, 0.6) is 5.75 Å². The molecule has 8 nitrogen and oxygen atoms in total. The van der Waals surface area contributed by atoms with Crippen molar-refractivity contribution in [2.75, 3.05) is 22.5 Å². The molecule has 0 unspecified atom stereocenters. The number of ether oxygens (including phenoxy) is 1. The van der Waals surface area contributed by atoms with Gasteiger partial charge in [-0.25, -0.2) is 22.8 Å². The molecule has 5 rings (SSSR count). The summed E-state index contributed by atoms with van der Waals surface area (Å²) in [5.74, 6) is -0.423. The second-order valence-electron chi connectivity index (χ2n) is 8.06. The van der Waals surface area contributed by atoms with Crippen LogP contribution in [0.25, 0.3) is 11.3 Å². The van der Waals surface area contributed by atoms with Gasteiger partial charge in [0.2, 0.25) is 5.91 Å². The third kappa shape index (κ3) is 5.00. The van der Waals surface area contributed by atoms with Gasteiger partial charge in [-0.15, -0.1) is 0 Å². The number of nitrogens with zero attached hydrogens (tertiary/aromatic N) is 3. The van der Waals surface area contributed by atoms with Gasteiger partial charge in [0, 0.05) is 5.56 Å². The Balaban J connectivity index is 1.42. The van der Waals surface area contributed by atoms with Crippen LogP contribution < -0.4 is 14.4 Å². The maximum Gasteiger partial charge on any atom is 0.268 e. The van der Waals surface area contributed by atoms with E-state index in [1.807, 2.05) is 6.07 Å². The van der Waals surface area contributed by atoms with E-state index in [1.54, 1.807) is 55.6 Å². The van der Waals surface area contributed by atoms with E-state index in [2.05, 4.69) is 15.3 Å². The fourth-order valence-electron chi connectivity index (χ4n) is 3.93. The Labute approximate surface area is 217 Å². The van der Waals surface area contributed by atoms with Gasteiger partial charge in [-0.3, -0.25) is 9.10 Å². The lowest BCUT2D eigenvalue weighted by Gasteiger charge is -2.31. The molecule has 3 aromatic carbocycles. The van der Waals surface area contributed by atoms with Crippen LogP contribution in [0.2, 0.25) is 0 Å². The molecule has 0 bridgehead atoms. The number of nitrogens with one attached hydrogen (secondary N) is 1. The van der Waals surface area contributed by atoms with Gasteiger partial charge in [0.05, 0.1) is 42.7 Å². The number of hydrogen-bond acceptors (Lipinski definition) is 7. The number of amides is 1. The lowest BCUT2D eigenvalue weighted by Crippen LogP contribution is -2.34. The molecule has 1 amide bonds. The lowest BCUT2D eigenvalue weighted by atomic mass is 10.1. The SMILES string of the molecule is COc1cccc(CN2c3ccccc3-c3nc(SCC(=O)Nc4ccccc4F)ncc3S2(=O)=O)c1. The van der Waals surface area contributed by atoms with Gasteiger partial charge < -0.3 is 10.1 Å². The molecule has 0 fully saturated rings. The number of halogens is 1. The number of para-hydroxylation sites is 2. The Morgan fingerprint density at radius 2 is 1.86 bits per heavy atom. The Bertz CT molecular complexity index is 1600. The molecule has 0 aliphatic carbocycles. The van der Waals surface area contributed by atoms with E-state index in [9.17, 15) is 17.6 Å². The van der Waals surface area contributed by atoms with Crippen LogP contribution in [-0.4, -0.2) is 37.2 Å². The first kappa shape index (κ1) is 24.7. The molecule has 1 aliphatic heterocycles. The lowest BCUT2D eigenvalue weighted by molar-refractivity contribution is -0.113. The first-order valence-corrected chi connectivity index (χ1v) is 13.6. The predicted molar refractivity (Wildman–Crippen MR) is 140 cm³/mol. The minimum atomic E-state index is -3.97. The fraction of sp³-hybridized carbons (Fsp3) is 0.115. The molecule has 188 valence electrons. The van der Waals surface area contributed by atoms with Gasteiger partial charge in [0.15, 0.2) is 5.16 Å². The average Bonchev–Trinajstić information content (AvgIpc) is 2.91. The molecule has 0 saturated heterocycles. The highest BCUT2D eigenvalue weighted by Gasteiger charge is 2.36. The zero-order valence-corrected chi connectivity index (χ0v) is 21.2. The van der Waals surface area contributed by atoms with E-state index in [0.717, 1.165) is 17.3 Å². The molecule has 11 heteroatoms. The van der Waals surface area contributed by atoms with E-state index >= 15 is 0 Å². The number of thioether (sulfide) groups is 1. The van der Waals surface area contributed by atoms with Gasteiger partial charge in [0.1, 0.15) is 16.5 Å². The number of rotatable bonds is 7. The summed E-state index contributed by atoms with van der Waals surface area (Å²) in [7, 11) is -2.42. The van der Waals surface area contributed by atoms with Crippen molar-refractivity contribution in [3.63, 3.8) is 0 Å². The summed E-state index contributed by atoms with van der Waals surface area (Å²) >= 11 is 1.03. The topological polar surface area (TPSA) is 101 Å². The molecule has 0 saturated carbocycles. The second kappa shape index (κ2) is 10.2. The number of aromatic nitrogens is 2. The molecule has 1 N–H and O–H groups in total. The number of benzene rings is 3. The predicted octanol–water partition coefficient (Wildman–Crippen LogP) is 4.73. The summed E-state index contributed by atoms with van der Waals surface area (Å²) < 4.78 is 47.7. The van der Waals surface area contributed by atoms with Crippen molar-refractivity contribution < 1.29 is 22.3 Å². The Morgan fingerprint density at radius 3 is 2.68 bits per heavy atom. The van der Waals surface area contributed by atoms with Crippen LogP contribution in [-0.2, 0) is 21.4 Å². The van der Waals surface area contributed by atoms with Crippen molar-refractivity contribution in [1.82, 2.24) is 9.97 Å². The average molecular weight is 537 g/mol. The van der Waals surface area contributed by atoms with Gasteiger partial charge in [-0.1, -0.05) is 54.2 Å². The van der Waals surface area contributed by atoms with E-state index < -0.39 is 21.7 Å². The number of hydrogen-bond donors (Lipinski definition) is 1. The molecular formula is C26H21FN4O4S2. The molecule has 37 heavy (non-hydrogen) atoms. The van der Waals surface area contributed by atoms with Crippen molar-refractivity contribution in [3.8, 4) is 17.0 Å². The van der Waals surface area contributed by atoms with Crippen LogP contribution in [0.3, 0.4) is 0 Å². The summed E-state index contributed by atoms with van der Waals surface area (Å²) in [6.45, 7) is 0.0999. The largest absolute Gasteiger partial charge is 0.497 e. The molecule has 0 radical (unpaired) electrons. The van der Waals surface area contributed by atoms with Crippen LogP contribution >= 0.6 is 11.8 Å². The zero-order valence-electron chi connectivity index (χ0n) is 19.6. The summed E-state index contributed by atoms with van der Waals surface area (Å²) in [5, 5.41) is 2.74. The first-order valence-electron chi connectivity index (χ1n) is 11.2. The fourth-order valence-corrected chi connectivity index (χ4v) is 6.11. The van der Waals surface area contributed by atoms with Crippen LogP contribution in [0, 0.1) is 5.82 Å². The summed E-state index contributed by atoms with van der Waals surface area (Å²) in [6, 6.07) is 20.2. The monoisotopic (exact) mass is 536 g/mol. The van der Waals surface area contributed by atoms with Crippen LogP contribution in [0.15, 0.2) is 89.0 Å². The smallest absolute Gasteiger partial charge is 0.268 e. The maximum absolute atomic E-state index is 13.8. The normalized spacial score (nSPS) is 13.4. The molecule has 4 aromatic rings. The third-order valence-corrected chi connectivity index (χ3v) is 8.29. The summed E-state index contributed by atoms with van der Waals surface area (Å²) in [4.78, 5) is 21.0. The maximum atomic E-state index is 13.8. The van der Waals surface area contributed by atoms with Gasteiger partial charge in [-0.2, -0.15) is 0 Å². The summed E-state index contributed by atoms with van der Waals surface area (Å²) in [6.07, 6.45) is 1.27. The van der Waals surface area contributed by atoms with Crippen LogP contribution in [0.4, 0.5) is 15.8 Å². The quantitative estimate of drug-likeness (QED) is 0.269. The minimum absolute atomic E-state index is 0.0192. The number of carbonyl (C=O) groups is 1. The minimum Gasteiger partial charge on any atom is -0.497 e. The van der Waals surface area contributed by atoms with Gasteiger partial charge in [0.25, 0.3) is 10.0 Å². The number of carbonyl (C=O) groups excluding carboxylic acids is 1. The van der Waals surface area contributed by atoms with E-state index in [0.29, 0.717) is 17.0 Å². The number of anilines is 2. The Hall–Kier alpha value is -3.96. The van der Waals surface area contributed by atoms with Crippen LogP contribution in [0.1, 0.15) is 5.56 Å². The number of methoxy groups -OCH3 is 1. The van der Waals surface area contributed by atoms with Gasteiger partial charge in [-0.05, 0) is 35.9 Å². The Kier molecular flexibility index (Phi) is 6.81. The van der Waals surface area contributed by atoms with E-state index in [-0.39, 0.29) is 33.7 Å². The highest BCUT2D eigenvalue weighted by molar-refractivity contribution is 7.99. The highest BCUT2D eigenvalue weighted by atomic mass is 32.2. The number of sulfonamides is 1. The van der Waals surface area contributed by atoms with Crippen molar-refractivity contribution in [3.05, 3.63) is 90.4 Å². The van der Waals surface area contributed by atoms with E-state index in [1.165, 1.54) is 28.7 Å². The summed E-state index contributed by atoms with van der Waals surface area (Å²) in [5.41, 5.74) is 2.23. The van der Waals surface area contributed by atoms with Crippen molar-refractivity contribution in [2.45, 2.75) is 16.6 Å². The molecule has 0 atom stereocenters. The zero-order chi connectivity index (χ0) is 26.0. The first-order chi connectivity index (χ1) is 17.9. The molecule has 1 aromatic heterocycles. The van der Waals surface area contributed by atoms with Crippen molar-refractivity contribution in [2.24, 2.45) is 0 Å². The molecule has 1 aliphatic rings. The third-order valence-electron chi connectivity index (χ3n) is 5.67. The Morgan fingerprint density at radius 1 is 1.08 bits per heavy atom. The number of fused-ring (bicyclic) bond motifs is 3. The molecular weight excluding hydrogens is 515 g/mol.